The van der Waals surface area contributed by atoms with E-state index in [1.807, 2.05) is 32.0 Å². The fraction of sp³-hybridized carbons (Fsp3) is 0.125. The van der Waals surface area contributed by atoms with Crippen LogP contribution in [0.4, 0.5) is 0 Å². The number of nitrogens with one attached hydrogen (secondary N) is 1. The zero-order valence-electron chi connectivity index (χ0n) is 17.1. The Balaban J connectivity index is 1.48. The first-order valence-corrected chi connectivity index (χ1v) is 10.3. The SMILES string of the molecule is Cc1cccc(C)c1OCC(=O)N/N=C\c1ccc(OC(=O)c2ccc(Br)cc2)cc1. The second-order valence-electron chi connectivity index (χ2n) is 6.77. The highest BCUT2D eigenvalue weighted by atomic mass is 79.9. The quantitative estimate of drug-likeness (QED) is 0.227. The topological polar surface area (TPSA) is 77.0 Å². The van der Waals surface area contributed by atoms with Crippen LogP contribution in [0.15, 0.2) is 76.3 Å². The van der Waals surface area contributed by atoms with Crippen LogP contribution >= 0.6 is 15.9 Å². The number of esters is 1. The van der Waals surface area contributed by atoms with E-state index in [2.05, 4.69) is 26.5 Å². The number of carbonyl (C=O) groups excluding carboxylic acids is 2. The first kappa shape index (κ1) is 22.2. The second kappa shape index (κ2) is 10.5. The number of hydrogen-bond acceptors (Lipinski definition) is 5. The van der Waals surface area contributed by atoms with Gasteiger partial charge in [-0.15, -0.1) is 0 Å². The summed E-state index contributed by atoms with van der Waals surface area (Å²) in [5.74, 6) is 0.315. The molecule has 6 nitrogen and oxygen atoms in total. The molecule has 1 N–H and O–H groups in total. The highest BCUT2D eigenvalue weighted by Gasteiger charge is 2.08. The monoisotopic (exact) mass is 480 g/mol. The molecule has 3 aromatic rings. The van der Waals surface area contributed by atoms with Gasteiger partial charge in [-0.2, -0.15) is 5.10 Å². The molecule has 0 aromatic heterocycles. The summed E-state index contributed by atoms with van der Waals surface area (Å²) in [6.45, 7) is 3.73. The van der Waals surface area contributed by atoms with Gasteiger partial charge in [0.25, 0.3) is 5.91 Å². The molecule has 0 fully saturated rings. The number of benzene rings is 3. The van der Waals surface area contributed by atoms with Crippen LogP contribution < -0.4 is 14.9 Å². The Bertz CT molecular complexity index is 1070. The first-order valence-electron chi connectivity index (χ1n) is 9.51. The predicted octanol–water partition coefficient (Wildman–Crippen LogP) is 4.81. The van der Waals surface area contributed by atoms with Crippen molar-refractivity contribution in [3.8, 4) is 11.5 Å². The van der Waals surface area contributed by atoms with Crippen LogP contribution in [0.3, 0.4) is 0 Å². The lowest BCUT2D eigenvalue weighted by molar-refractivity contribution is -0.123. The highest BCUT2D eigenvalue weighted by Crippen LogP contribution is 2.22. The van der Waals surface area contributed by atoms with Crippen molar-refractivity contribution < 1.29 is 19.1 Å². The van der Waals surface area contributed by atoms with Crippen molar-refractivity contribution in [3.63, 3.8) is 0 Å². The number of nitrogens with zero attached hydrogens (tertiary/aromatic N) is 1. The summed E-state index contributed by atoms with van der Waals surface area (Å²) >= 11 is 3.33. The fourth-order valence-corrected chi connectivity index (χ4v) is 3.01. The van der Waals surface area contributed by atoms with Crippen molar-refractivity contribution in [1.29, 1.82) is 0 Å². The summed E-state index contributed by atoms with van der Waals surface area (Å²) in [6, 6.07) is 19.5. The molecular weight excluding hydrogens is 460 g/mol. The molecule has 0 aliphatic heterocycles. The van der Waals surface area contributed by atoms with Crippen molar-refractivity contribution in [2.45, 2.75) is 13.8 Å². The average Bonchev–Trinajstić information content (AvgIpc) is 2.75. The summed E-state index contributed by atoms with van der Waals surface area (Å²) in [5.41, 5.74) is 5.56. The van der Waals surface area contributed by atoms with Crippen LogP contribution in [0.2, 0.25) is 0 Å². The molecule has 0 bridgehead atoms. The summed E-state index contributed by atoms with van der Waals surface area (Å²) in [6.07, 6.45) is 1.50. The lowest BCUT2D eigenvalue weighted by Gasteiger charge is -2.10. The van der Waals surface area contributed by atoms with Crippen LogP contribution in [0.1, 0.15) is 27.0 Å². The molecule has 0 spiro atoms. The van der Waals surface area contributed by atoms with Gasteiger partial charge in [-0.05, 0) is 79.1 Å². The van der Waals surface area contributed by atoms with Gasteiger partial charge in [0.1, 0.15) is 11.5 Å². The zero-order valence-corrected chi connectivity index (χ0v) is 18.7. The van der Waals surface area contributed by atoms with Crippen molar-refractivity contribution in [2.24, 2.45) is 5.10 Å². The van der Waals surface area contributed by atoms with Gasteiger partial charge in [0.2, 0.25) is 0 Å². The van der Waals surface area contributed by atoms with Gasteiger partial charge in [-0.1, -0.05) is 34.1 Å². The Morgan fingerprint density at radius 1 is 0.968 bits per heavy atom. The number of ether oxygens (including phenoxy) is 2. The third-order valence-corrected chi connectivity index (χ3v) is 4.86. The summed E-state index contributed by atoms with van der Waals surface area (Å²) in [5, 5.41) is 3.93. The van der Waals surface area contributed by atoms with E-state index < -0.39 is 5.97 Å². The van der Waals surface area contributed by atoms with E-state index >= 15 is 0 Å². The van der Waals surface area contributed by atoms with Crippen LogP contribution in [0.25, 0.3) is 0 Å². The van der Waals surface area contributed by atoms with E-state index in [4.69, 9.17) is 9.47 Å². The molecule has 0 unspecified atom stereocenters. The third-order valence-electron chi connectivity index (χ3n) is 4.33. The predicted molar refractivity (Wildman–Crippen MR) is 123 cm³/mol. The molecule has 3 aromatic carbocycles. The average molecular weight is 481 g/mol. The molecule has 3 rings (SSSR count). The Labute approximate surface area is 189 Å². The highest BCUT2D eigenvalue weighted by molar-refractivity contribution is 9.10. The number of rotatable bonds is 7. The standard InChI is InChI=1S/C24H21BrN2O4/c1-16-4-3-5-17(2)23(16)30-15-22(28)27-26-14-18-6-12-21(13-7-18)31-24(29)19-8-10-20(25)11-9-19/h3-14H,15H2,1-2H3,(H,27,28)/b26-14-. The zero-order chi connectivity index (χ0) is 22.2. The number of hydrogen-bond donors (Lipinski definition) is 1. The van der Waals surface area contributed by atoms with Crippen LogP contribution in [0, 0.1) is 13.8 Å². The van der Waals surface area contributed by atoms with E-state index in [0.29, 0.717) is 17.1 Å². The van der Waals surface area contributed by atoms with Crippen LogP contribution in [-0.2, 0) is 4.79 Å². The van der Waals surface area contributed by atoms with E-state index in [1.54, 1.807) is 48.5 Å². The molecule has 0 radical (unpaired) electrons. The molecule has 7 heteroatoms. The Morgan fingerprint density at radius 3 is 2.26 bits per heavy atom. The Hall–Kier alpha value is -3.45. The van der Waals surface area contributed by atoms with Gasteiger partial charge in [-0.3, -0.25) is 4.79 Å². The van der Waals surface area contributed by atoms with Gasteiger partial charge in [0.05, 0.1) is 11.8 Å². The van der Waals surface area contributed by atoms with Gasteiger partial charge < -0.3 is 9.47 Å². The maximum atomic E-state index is 12.1. The number of halogens is 1. The number of aryl methyl sites for hydroxylation is 2. The van der Waals surface area contributed by atoms with Gasteiger partial charge in [-0.25, -0.2) is 10.2 Å². The minimum absolute atomic E-state index is 0.131. The molecule has 0 aliphatic rings. The molecule has 1 amide bonds. The maximum Gasteiger partial charge on any atom is 0.343 e. The number of para-hydroxylation sites is 1. The first-order chi connectivity index (χ1) is 14.9. The van der Waals surface area contributed by atoms with E-state index in [0.717, 1.165) is 21.2 Å². The lowest BCUT2D eigenvalue weighted by Crippen LogP contribution is -2.25. The van der Waals surface area contributed by atoms with Crippen molar-refractivity contribution in [2.75, 3.05) is 6.61 Å². The van der Waals surface area contributed by atoms with Gasteiger partial charge in [0.15, 0.2) is 6.61 Å². The summed E-state index contributed by atoms with van der Waals surface area (Å²) < 4.78 is 11.8. The van der Waals surface area contributed by atoms with Crippen molar-refractivity contribution >= 4 is 34.0 Å². The van der Waals surface area contributed by atoms with Crippen LogP contribution in [0.5, 0.6) is 11.5 Å². The van der Waals surface area contributed by atoms with E-state index in [9.17, 15) is 9.59 Å². The molecule has 158 valence electrons. The maximum absolute atomic E-state index is 12.1. The van der Waals surface area contributed by atoms with Crippen LogP contribution in [-0.4, -0.2) is 24.7 Å². The fourth-order valence-electron chi connectivity index (χ4n) is 2.75. The summed E-state index contributed by atoms with van der Waals surface area (Å²) in [7, 11) is 0. The molecule has 0 atom stereocenters. The normalized spacial score (nSPS) is 10.7. The minimum Gasteiger partial charge on any atom is -0.483 e. The molecule has 0 saturated carbocycles. The van der Waals surface area contributed by atoms with E-state index in [-0.39, 0.29) is 12.5 Å². The molecule has 31 heavy (non-hydrogen) atoms. The number of hydrazone groups is 1. The minimum atomic E-state index is -0.440. The van der Waals surface area contributed by atoms with Crippen molar-refractivity contribution in [3.05, 3.63) is 93.5 Å². The second-order valence-corrected chi connectivity index (χ2v) is 7.68. The summed E-state index contributed by atoms with van der Waals surface area (Å²) in [4.78, 5) is 24.1. The smallest absolute Gasteiger partial charge is 0.343 e. The third kappa shape index (κ3) is 6.52. The largest absolute Gasteiger partial charge is 0.483 e. The Kier molecular flexibility index (Phi) is 7.56. The van der Waals surface area contributed by atoms with E-state index in [1.165, 1.54) is 6.21 Å². The molecule has 0 saturated heterocycles. The molecular formula is C24H21BrN2O4. The van der Waals surface area contributed by atoms with Gasteiger partial charge >= 0.3 is 5.97 Å². The molecule has 0 heterocycles. The Morgan fingerprint density at radius 2 is 1.61 bits per heavy atom. The molecule has 0 aliphatic carbocycles. The van der Waals surface area contributed by atoms with Crippen molar-refractivity contribution in [1.82, 2.24) is 5.43 Å². The van der Waals surface area contributed by atoms with Gasteiger partial charge in [0, 0.05) is 4.47 Å². The number of carbonyl (C=O) groups is 2. The number of amides is 1. The lowest BCUT2D eigenvalue weighted by atomic mass is 10.1.